The van der Waals surface area contributed by atoms with Crippen LogP contribution in [-0.4, -0.2) is 19.0 Å². The van der Waals surface area contributed by atoms with Crippen LogP contribution in [0, 0.1) is 11.3 Å². The van der Waals surface area contributed by atoms with E-state index in [-0.39, 0.29) is 5.91 Å². The van der Waals surface area contributed by atoms with E-state index in [1.54, 1.807) is 0 Å². The Morgan fingerprint density at radius 1 is 1.46 bits per heavy atom. The Hall–Kier alpha value is -0.570. The molecular formula is C10H18N2O. The minimum Gasteiger partial charge on any atom is -0.356 e. The van der Waals surface area contributed by atoms with Crippen LogP contribution in [0.4, 0.5) is 0 Å². The van der Waals surface area contributed by atoms with Crippen LogP contribution in [0.15, 0.2) is 0 Å². The van der Waals surface area contributed by atoms with Gasteiger partial charge in [-0.2, -0.15) is 0 Å². The van der Waals surface area contributed by atoms with E-state index in [1.807, 2.05) is 0 Å². The van der Waals surface area contributed by atoms with Crippen LogP contribution in [0.25, 0.3) is 0 Å². The predicted molar refractivity (Wildman–Crippen MR) is 51.1 cm³/mol. The molecule has 2 rings (SSSR count). The van der Waals surface area contributed by atoms with Crippen LogP contribution in [-0.2, 0) is 4.79 Å². The molecule has 0 radical (unpaired) electrons. The van der Waals surface area contributed by atoms with Gasteiger partial charge in [-0.3, -0.25) is 4.79 Å². The molecule has 74 valence electrons. The monoisotopic (exact) mass is 182 g/mol. The molecule has 2 fully saturated rings. The average Bonchev–Trinajstić information content (AvgIpc) is 2.49. The van der Waals surface area contributed by atoms with Crippen molar-refractivity contribution in [3.63, 3.8) is 0 Å². The highest BCUT2D eigenvalue weighted by molar-refractivity contribution is 5.79. The molecule has 2 aliphatic rings. The minimum absolute atomic E-state index is 0.242. The molecule has 0 aromatic rings. The largest absolute Gasteiger partial charge is 0.356 e. The maximum absolute atomic E-state index is 11.1. The molecule has 0 aromatic carbocycles. The summed E-state index contributed by atoms with van der Waals surface area (Å²) >= 11 is 0. The van der Waals surface area contributed by atoms with E-state index in [2.05, 4.69) is 5.32 Å². The van der Waals surface area contributed by atoms with Crippen molar-refractivity contribution in [1.29, 1.82) is 0 Å². The number of carbonyl (C=O) groups is 1. The molecule has 0 aromatic heterocycles. The summed E-state index contributed by atoms with van der Waals surface area (Å²) in [5, 5.41) is 2.94. The van der Waals surface area contributed by atoms with Crippen LogP contribution >= 0.6 is 0 Å². The van der Waals surface area contributed by atoms with Gasteiger partial charge < -0.3 is 11.1 Å². The van der Waals surface area contributed by atoms with Crippen LogP contribution in [0.1, 0.15) is 32.1 Å². The lowest BCUT2D eigenvalue weighted by molar-refractivity contribution is -0.119. The maximum Gasteiger partial charge on any atom is 0.220 e. The van der Waals surface area contributed by atoms with Gasteiger partial charge in [0.15, 0.2) is 0 Å². The second-order valence-electron chi connectivity index (χ2n) is 4.63. The van der Waals surface area contributed by atoms with Crippen LogP contribution in [0.2, 0.25) is 0 Å². The number of rotatable bonds is 1. The van der Waals surface area contributed by atoms with Gasteiger partial charge >= 0.3 is 0 Å². The second kappa shape index (κ2) is 3.29. The number of hydrogen-bond donors (Lipinski definition) is 2. The zero-order valence-corrected chi connectivity index (χ0v) is 8.01. The smallest absolute Gasteiger partial charge is 0.220 e. The summed E-state index contributed by atoms with van der Waals surface area (Å²) in [5.41, 5.74) is 5.94. The van der Waals surface area contributed by atoms with E-state index in [1.165, 1.54) is 25.7 Å². The minimum atomic E-state index is 0.242. The molecule has 1 saturated heterocycles. The lowest BCUT2D eigenvalue weighted by atomic mass is 9.70. The van der Waals surface area contributed by atoms with Crippen molar-refractivity contribution in [2.75, 3.05) is 13.1 Å². The van der Waals surface area contributed by atoms with Gasteiger partial charge in [0, 0.05) is 13.0 Å². The molecule has 3 heteroatoms. The number of nitrogens with one attached hydrogen (secondary N) is 1. The Bertz CT molecular complexity index is 207. The van der Waals surface area contributed by atoms with E-state index in [4.69, 9.17) is 5.73 Å². The Morgan fingerprint density at radius 3 is 2.62 bits per heavy atom. The average molecular weight is 182 g/mol. The first kappa shape index (κ1) is 9.00. The number of nitrogens with two attached hydrogens (primary N) is 1. The predicted octanol–water partition coefficient (Wildman–Crippen LogP) is 0.642. The van der Waals surface area contributed by atoms with Crippen LogP contribution < -0.4 is 11.1 Å². The van der Waals surface area contributed by atoms with Gasteiger partial charge in [0.2, 0.25) is 5.91 Å². The molecule has 1 heterocycles. The first-order valence-electron chi connectivity index (χ1n) is 5.21. The Balaban J connectivity index is 1.93. The normalized spacial score (nSPS) is 39.5. The summed E-state index contributed by atoms with van der Waals surface area (Å²) in [6.45, 7) is 1.72. The summed E-state index contributed by atoms with van der Waals surface area (Å²) in [6, 6.07) is 0. The quantitative estimate of drug-likeness (QED) is 0.625. The zero-order chi connectivity index (χ0) is 9.31. The standard InChI is InChI=1S/C10H18N2O/c11-6-8-1-3-10(4-2-8)5-9(13)12-7-10/h8H,1-7,11H2,(H,12,13). The van der Waals surface area contributed by atoms with Gasteiger partial charge in [-0.25, -0.2) is 0 Å². The molecule has 0 bridgehead atoms. The number of hydrogen-bond acceptors (Lipinski definition) is 2. The summed E-state index contributed by atoms with van der Waals surface area (Å²) in [5.74, 6) is 0.951. The van der Waals surface area contributed by atoms with E-state index in [9.17, 15) is 4.79 Å². The Morgan fingerprint density at radius 2 is 2.15 bits per heavy atom. The molecule has 0 atom stereocenters. The SMILES string of the molecule is NCC1CCC2(CC1)CNC(=O)C2. The highest BCUT2D eigenvalue weighted by atomic mass is 16.1. The molecule has 13 heavy (non-hydrogen) atoms. The summed E-state index contributed by atoms with van der Waals surface area (Å²) in [4.78, 5) is 11.1. The molecule has 1 aliphatic heterocycles. The van der Waals surface area contributed by atoms with Crippen molar-refractivity contribution in [2.24, 2.45) is 17.1 Å². The van der Waals surface area contributed by atoms with E-state index < -0.39 is 0 Å². The summed E-state index contributed by atoms with van der Waals surface area (Å²) in [6.07, 6.45) is 5.56. The van der Waals surface area contributed by atoms with Crippen molar-refractivity contribution in [3.8, 4) is 0 Å². The van der Waals surface area contributed by atoms with Gasteiger partial charge in [0.25, 0.3) is 0 Å². The summed E-state index contributed by atoms with van der Waals surface area (Å²) in [7, 11) is 0. The zero-order valence-electron chi connectivity index (χ0n) is 8.01. The van der Waals surface area contributed by atoms with Crippen molar-refractivity contribution in [3.05, 3.63) is 0 Å². The topological polar surface area (TPSA) is 55.1 Å². The maximum atomic E-state index is 11.1. The lowest BCUT2D eigenvalue weighted by Crippen LogP contribution is -2.31. The van der Waals surface area contributed by atoms with E-state index >= 15 is 0 Å². The molecule has 1 spiro atoms. The second-order valence-corrected chi connectivity index (χ2v) is 4.63. The number of amides is 1. The third kappa shape index (κ3) is 1.70. The third-order valence-electron chi connectivity index (χ3n) is 3.70. The number of carbonyl (C=O) groups excluding carboxylic acids is 1. The third-order valence-corrected chi connectivity index (χ3v) is 3.70. The fraction of sp³-hybridized carbons (Fsp3) is 0.900. The molecule has 3 N–H and O–H groups in total. The van der Waals surface area contributed by atoms with Crippen molar-refractivity contribution in [1.82, 2.24) is 5.32 Å². The van der Waals surface area contributed by atoms with E-state index in [0.717, 1.165) is 19.5 Å². The van der Waals surface area contributed by atoms with Gasteiger partial charge in [-0.15, -0.1) is 0 Å². The molecule has 3 nitrogen and oxygen atoms in total. The van der Waals surface area contributed by atoms with E-state index in [0.29, 0.717) is 11.3 Å². The van der Waals surface area contributed by atoms with Crippen molar-refractivity contribution >= 4 is 5.91 Å². The molecular weight excluding hydrogens is 164 g/mol. The lowest BCUT2D eigenvalue weighted by Gasteiger charge is -2.35. The van der Waals surface area contributed by atoms with Gasteiger partial charge in [0.05, 0.1) is 0 Å². The van der Waals surface area contributed by atoms with Gasteiger partial charge in [0.1, 0.15) is 0 Å². The van der Waals surface area contributed by atoms with Crippen molar-refractivity contribution in [2.45, 2.75) is 32.1 Å². The molecule has 0 unspecified atom stereocenters. The van der Waals surface area contributed by atoms with Gasteiger partial charge in [-0.05, 0) is 43.6 Å². The molecule has 1 amide bonds. The Labute approximate surface area is 79.1 Å². The molecule has 1 saturated carbocycles. The summed E-state index contributed by atoms with van der Waals surface area (Å²) < 4.78 is 0. The highest BCUT2D eigenvalue weighted by Crippen LogP contribution is 2.42. The first-order chi connectivity index (χ1) is 6.24. The fourth-order valence-electron chi connectivity index (χ4n) is 2.63. The van der Waals surface area contributed by atoms with Gasteiger partial charge in [-0.1, -0.05) is 0 Å². The molecule has 1 aliphatic carbocycles. The first-order valence-corrected chi connectivity index (χ1v) is 5.21. The Kier molecular flexibility index (Phi) is 2.28. The fourth-order valence-corrected chi connectivity index (χ4v) is 2.63. The van der Waals surface area contributed by atoms with Crippen molar-refractivity contribution < 1.29 is 4.79 Å². The van der Waals surface area contributed by atoms with Crippen LogP contribution in [0.3, 0.4) is 0 Å². The highest BCUT2D eigenvalue weighted by Gasteiger charge is 2.40. The van der Waals surface area contributed by atoms with Crippen LogP contribution in [0.5, 0.6) is 0 Å².